The lowest BCUT2D eigenvalue weighted by Crippen LogP contribution is -2.33. The zero-order valence-electron chi connectivity index (χ0n) is 12.3. The van der Waals surface area contributed by atoms with Gasteiger partial charge in [-0.15, -0.1) is 0 Å². The van der Waals surface area contributed by atoms with Crippen molar-refractivity contribution in [2.24, 2.45) is 0 Å². The van der Waals surface area contributed by atoms with Crippen LogP contribution in [0.25, 0.3) is 0 Å². The summed E-state index contributed by atoms with van der Waals surface area (Å²) in [6, 6.07) is 8.28. The Labute approximate surface area is 116 Å². The van der Waals surface area contributed by atoms with Gasteiger partial charge in [-0.3, -0.25) is 0 Å². The number of rotatable bonds is 9. The summed E-state index contributed by atoms with van der Waals surface area (Å²) >= 11 is 0. The highest BCUT2D eigenvalue weighted by Gasteiger charge is 2.11. The number of methoxy groups -OCH3 is 1. The molecule has 1 atom stereocenters. The first kappa shape index (κ1) is 16.0. The van der Waals surface area contributed by atoms with E-state index in [1.165, 1.54) is 5.56 Å². The molecule has 19 heavy (non-hydrogen) atoms. The van der Waals surface area contributed by atoms with Crippen molar-refractivity contribution in [2.75, 3.05) is 26.9 Å². The van der Waals surface area contributed by atoms with Gasteiger partial charge in [0.1, 0.15) is 5.75 Å². The Morgan fingerprint density at radius 3 is 2.42 bits per heavy atom. The first-order valence-corrected chi connectivity index (χ1v) is 6.81. The van der Waals surface area contributed by atoms with E-state index >= 15 is 0 Å². The molecule has 0 aliphatic heterocycles. The van der Waals surface area contributed by atoms with Crippen LogP contribution in [0.1, 0.15) is 32.4 Å². The molecule has 0 fully saturated rings. The van der Waals surface area contributed by atoms with Gasteiger partial charge in [0.15, 0.2) is 6.29 Å². The molecule has 4 nitrogen and oxygen atoms in total. The molecule has 0 saturated carbocycles. The van der Waals surface area contributed by atoms with Crippen LogP contribution < -0.4 is 10.1 Å². The maximum Gasteiger partial charge on any atom is 0.169 e. The zero-order chi connectivity index (χ0) is 14.1. The number of nitrogens with one attached hydrogen (secondary N) is 1. The minimum atomic E-state index is -0.192. The van der Waals surface area contributed by atoms with Crippen molar-refractivity contribution in [3.63, 3.8) is 0 Å². The number of hydrogen-bond acceptors (Lipinski definition) is 4. The van der Waals surface area contributed by atoms with Crippen LogP contribution in [0.5, 0.6) is 5.75 Å². The Morgan fingerprint density at radius 2 is 1.84 bits per heavy atom. The normalized spacial score (nSPS) is 12.7. The Bertz CT molecular complexity index is 351. The first-order chi connectivity index (χ1) is 9.21. The Kier molecular flexibility index (Phi) is 7.48. The predicted molar refractivity (Wildman–Crippen MR) is 76.5 cm³/mol. The maximum absolute atomic E-state index is 5.50. The van der Waals surface area contributed by atoms with Crippen molar-refractivity contribution >= 4 is 0 Å². The molecule has 1 aromatic carbocycles. The minimum absolute atomic E-state index is 0.192. The lowest BCUT2D eigenvalue weighted by Gasteiger charge is -2.21. The summed E-state index contributed by atoms with van der Waals surface area (Å²) in [7, 11) is 1.68. The minimum Gasteiger partial charge on any atom is -0.497 e. The molecule has 4 heteroatoms. The third kappa shape index (κ3) is 5.59. The molecule has 1 unspecified atom stereocenters. The van der Waals surface area contributed by atoms with E-state index in [9.17, 15) is 0 Å². The summed E-state index contributed by atoms with van der Waals surface area (Å²) in [5, 5.41) is 3.41. The smallest absolute Gasteiger partial charge is 0.169 e. The molecule has 0 radical (unpaired) electrons. The predicted octanol–water partition coefficient (Wildman–Crippen LogP) is 2.74. The van der Waals surface area contributed by atoms with Crippen LogP contribution >= 0.6 is 0 Å². The highest BCUT2D eigenvalue weighted by atomic mass is 16.7. The van der Waals surface area contributed by atoms with Gasteiger partial charge in [-0.25, -0.2) is 0 Å². The standard InChI is InChI=1S/C15H25NO3/c1-5-18-15(19-6-2)11-16-12(3)13-8-7-9-14(10-13)17-4/h7-10,12,15-16H,5-6,11H2,1-4H3. The lowest BCUT2D eigenvalue weighted by molar-refractivity contribution is -0.133. The molecular weight excluding hydrogens is 242 g/mol. The van der Waals surface area contributed by atoms with Crippen LogP contribution in [0.3, 0.4) is 0 Å². The van der Waals surface area contributed by atoms with E-state index in [4.69, 9.17) is 14.2 Å². The highest BCUT2D eigenvalue weighted by molar-refractivity contribution is 5.30. The van der Waals surface area contributed by atoms with Crippen molar-refractivity contribution in [3.8, 4) is 5.75 Å². The second-order valence-electron chi connectivity index (χ2n) is 4.25. The molecule has 1 aromatic rings. The van der Waals surface area contributed by atoms with E-state index in [1.54, 1.807) is 7.11 Å². The van der Waals surface area contributed by atoms with Crippen LogP contribution in [0.4, 0.5) is 0 Å². The van der Waals surface area contributed by atoms with Crippen molar-refractivity contribution in [1.29, 1.82) is 0 Å². The quantitative estimate of drug-likeness (QED) is 0.698. The van der Waals surface area contributed by atoms with E-state index in [2.05, 4.69) is 18.3 Å². The van der Waals surface area contributed by atoms with Crippen molar-refractivity contribution in [3.05, 3.63) is 29.8 Å². The summed E-state index contributed by atoms with van der Waals surface area (Å²) in [6.07, 6.45) is -0.192. The summed E-state index contributed by atoms with van der Waals surface area (Å²) in [4.78, 5) is 0. The van der Waals surface area contributed by atoms with Gasteiger partial charge in [-0.05, 0) is 38.5 Å². The Hall–Kier alpha value is -1.10. The fraction of sp³-hybridized carbons (Fsp3) is 0.600. The van der Waals surface area contributed by atoms with E-state index < -0.39 is 0 Å². The molecule has 108 valence electrons. The molecule has 0 aliphatic carbocycles. The van der Waals surface area contributed by atoms with Gasteiger partial charge in [-0.1, -0.05) is 12.1 Å². The lowest BCUT2D eigenvalue weighted by atomic mass is 10.1. The molecule has 0 heterocycles. The summed E-state index contributed by atoms with van der Waals surface area (Å²) in [6.45, 7) is 8.03. The zero-order valence-corrected chi connectivity index (χ0v) is 12.3. The fourth-order valence-corrected chi connectivity index (χ4v) is 1.84. The second-order valence-corrected chi connectivity index (χ2v) is 4.25. The average molecular weight is 267 g/mol. The van der Waals surface area contributed by atoms with Gasteiger partial charge in [-0.2, -0.15) is 0 Å². The highest BCUT2D eigenvalue weighted by Crippen LogP contribution is 2.18. The van der Waals surface area contributed by atoms with Crippen LogP contribution in [0.15, 0.2) is 24.3 Å². The van der Waals surface area contributed by atoms with Gasteiger partial charge < -0.3 is 19.5 Å². The largest absolute Gasteiger partial charge is 0.497 e. The third-order valence-corrected chi connectivity index (χ3v) is 2.89. The van der Waals surface area contributed by atoms with Gasteiger partial charge in [0.05, 0.1) is 7.11 Å². The molecule has 0 aliphatic rings. The molecule has 1 rings (SSSR count). The molecular formula is C15H25NO3. The van der Waals surface area contributed by atoms with Gasteiger partial charge in [0, 0.05) is 25.8 Å². The van der Waals surface area contributed by atoms with Crippen molar-refractivity contribution in [2.45, 2.75) is 33.1 Å². The molecule has 0 amide bonds. The second kappa shape index (κ2) is 8.91. The van der Waals surface area contributed by atoms with Crippen molar-refractivity contribution < 1.29 is 14.2 Å². The monoisotopic (exact) mass is 267 g/mol. The average Bonchev–Trinajstić information content (AvgIpc) is 2.45. The summed E-state index contributed by atoms with van der Waals surface area (Å²) in [5.74, 6) is 0.873. The molecule has 0 aromatic heterocycles. The molecule has 0 saturated heterocycles. The van der Waals surface area contributed by atoms with E-state index in [1.807, 2.05) is 32.0 Å². The summed E-state index contributed by atoms with van der Waals surface area (Å²) < 4.78 is 16.2. The van der Waals surface area contributed by atoms with Crippen LogP contribution in [-0.2, 0) is 9.47 Å². The van der Waals surface area contributed by atoms with Gasteiger partial charge in [0.2, 0.25) is 0 Å². The fourth-order valence-electron chi connectivity index (χ4n) is 1.84. The topological polar surface area (TPSA) is 39.7 Å². The van der Waals surface area contributed by atoms with Gasteiger partial charge >= 0.3 is 0 Å². The summed E-state index contributed by atoms with van der Waals surface area (Å²) in [5.41, 5.74) is 1.19. The van der Waals surface area contributed by atoms with Crippen LogP contribution in [-0.4, -0.2) is 33.2 Å². The van der Waals surface area contributed by atoms with Gasteiger partial charge in [0.25, 0.3) is 0 Å². The van der Waals surface area contributed by atoms with Crippen LogP contribution in [0, 0.1) is 0 Å². The molecule has 0 bridgehead atoms. The molecule has 1 N–H and O–H groups in total. The SMILES string of the molecule is CCOC(CNC(C)c1cccc(OC)c1)OCC. The van der Waals surface area contributed by atoms with E-state index in [-0.39, 0.29) is 12.3 Å². The van der Waals surface area contributed by atoms with E-state index in [0.29, 0.717) is 19.8 Å². The van der Waals surface area contributed by atoms with Crippen molar-refractivity contribution in [1.82, 2.24) is 5.32 Å². The van der Waals surface area contributed by atoms with E-state index in [0.717, 1.165) is 5.75 Å². The number of hydrogen-bond donors (Lipinski definition) is 1. The Morgan fingerprint density at radius 1 is 1.16 bits per heavy atom. The maximum atomic E-state index is 5.50. The number of ether oxygens (including phenoxy) is 3. The van der Waals surface area contributed by atoms with Crippen LogP contribution in [0.2, 0.25) is 0 Å². The molecule has 0 spiro atoms. The third-order valence-electron chi connectivity index (χ3n) is 2.89. The number of benzene rings is 1. The Balaban J connectivity index is 2.50. The first-order valence-electron chi connectivity index (χ1n) is 6.81.